The SMILES string of the molecule is CCC(C)=Nc1ccc(-c2ccc(-c3ccc(NC(C)=S)cc3)cc2)cc1. The molecule has 0 atom stereocenters. The molecule has 0 aromatic heterocycles. The Morgan fingerprint density at radius 1 is 0.741 bits per heavy atom. The molecule has 3 aromatic carbocycles. The molecule has 0 aliphatic carbocycles. The normalized spacial score (nSPS) is 11.3. The van der Waals surface area contributed by atoms with Gasteiger partial charge in [0.25, 0.3) is 0 Å². The van der Waals surface area contributed by atoms with E-state index in [4.69, 9.17) is 12.2 Å². The van der Waals surface area contributed by atoms with Crippen molar-refractivity contribution >= 4 is 34.3 Å². The summed E-state index contributed by atoms with van der Waals surface area (Å²) in [5, 5.41) is 3.16. The zero-order chi connectivity index (χ0) is 19.2. The highest BCUT2D eigenvalue weighted by Crippen LogP contribution is 2.27. The van der Waals surface area contributed by atoms with Gasteiger partial charge in [-0.25, -0.2) is 0 Å². The van der Waals surface area contributed by atoms with E-state index < -0.39 is 0 Å². The molecule has 0 amide bonds. The van der Waals surface area contributed by atoms with Crippen LogP contribution < -0.4 is 5.32 Å². The molecule has 0 saturated carbocycles. The summed E-state index contributed by atoms with van der Waals surface area (Å²) in [7, 11) is 0. The second-order valence-electron chi connectivity index (χ2n) is 6.58. The van der Waals surface area contributed by atoms with Gasteiger partial charge in [0.05, 0.1) is 10.7 Å². The number of hydrogen-bond acceptors (Lipinski definition) is 2. The molecule has 2 nitrogen and oxygen atoms in total. The van der Waals surface area contributed by atoms with Crippen LogP contribution in [0.1, 0.15) is 27.2 Å². The molecule has 0 aliphatic heterocycles. The van der Waals surface area contributed by atoms with Gasteiger partial charge >= 0.3 is 0 Å². The minimum atomic E-state index is 0.772. The van der Waals surface area contributed by atoms with Crippen LogP contribution in [-0.2, 0) is 0 Å². The number of nitrogens with one attached hydrogen (secondary N) is 1. The van der Waals surface area contributed by atoms with Crippen molar-refractivity contribution in [1.82, 2.24) is 0 Å². The van der Waals surface area contributed by atoms with Crippen LogP contribution in [-0.4, -0.2) is 10.7 Å². The van der Waals surface area contributed by atoms with Crippen molar-refractivity contribution in [2.24, 2.45) is 4.99 Å². The molecule has 0 fully saturated rings. The predicted octanol–water partition coefficient (Wildman–Crippen LogP) is 7.28. The number of thiocarbonyl (C=S) groups is 1. The van der Waals surface area contributed by atoms with Crippen LogP contribution in [0, 0.1) is 0 Å². The molecule has 3 heteroatoms. The Bertz CT molecular complexity index is 937. The molecule has 3 rings (SSSR count). The first-order valence-corrected chi connectivity index (χ1v) is 9.58. The van der Waals surface area contributed by atoms with E-state index in [1.54, 1.807) is 0 Å². The van der Waals surface area contributed by atoms with Crippen LogP contribution in [0.25, 0.3) is 22.3 Å². The van der Waals surface area contributed by atoms with Crippen molar-refractivity contribution in [3.8, 4) is 22.3 Å². The summed E-state index contributed by atoms with van der Waals surface area (Å²) < 4.78 is 0. The fraction of sp³-hybridized carbons (Fsp3) is 0.167. The molecule has 0 heterocycles. The zero-order valence-corrected chi connectivity index (χ0v) is 16.8. The van der Waals surface area contributed by atoms with Gasteiger partial charge in [0.2, 0.25) is 0 Å². The van der Waals surface area contributed by atoms with Gasteiger partial charge in [-0.2, -0.15) is 0 Å². The summed E-state index contributed by atoms with van der Waals surface area (Å²) in [6.45, 7) is 6.06. The van der Waals surface area contributed by atoms with Crippen molar-refractivity contribution in [3.63, 3.8) is 0 Å². The molecule has 1 N–H and O–H groups in total. The fourth-order valence-electron chi connectivity index (χ4n) is 2.83. The van der Waals surface area contributed by atoms with Crippen LogP contribution in [0.15, 0.2) is 77.8 Å². The highest BCUT2D eigenvalue weighted by molar-refractivity contribution is 7.80. The third-order valence-corrected chi connectivity index (χ3v) is 4.56. The van der Waals surface area contributed by atoms with Gasteiger partial charge in [0.15, 0.2) is 0 Å². The minimum absolute atomic E-state index is 0.772. The summed E-state index contributed by atoms with van der Waals surface area (Å²) in [5.74, 6) is 0. The van der Waals surface area contributed by atoms with E-state index >= 15 is 0 Å². The van der Waals surface area contributed by atoms with Crippen molar-refractivity contribution in [1.29, 1.82) is 0 Å². The Morgan fingerprint density at radius 3 is 1.56 bits per heavy atom. The maximum Gasteiger partial charge on any atom is 0.0765 e. The number of anilines is 1. The summed E-state index contributed by atoms with van der Waals surface area (Å²) in [6.07, 6.45) is 0.978. The van der Waals surface area contributed by atoms with Crippen LogP contribution in [0.4, 0.5) is 11.4 Å². The molecule has 0 aliphatic rings. The first-order chi connectivity index (χ1) is 13.0. The third-order valence-electron chi connectivity index (χ3n) is 4.46. The van der Waals surface area contributed by atoms with Gasteiger partial charge in [-0.05, 0) is 66.8 Å². The lowest BCUT2D eigenvalue weighted by Crippen LogP contribution is -2.02. The minimum Gasteiger partial charge on any atom is -0.350 e. The van der Waals surface area contributed by atoms with Crippen LogP contribution >= 0.6 is 12.2 Å². The molecule has 0 unspecified atom stereocenters. The highest BCUT2D eigenvalue weighted by Gasteiger charge is 2.02. The number of rotatable bonds is 5. The summed E-state index contributed by atoms with van der Waals surface area (Å²) >= 11 is 5.08. The summed E-state index contributed by atoms with van der Waals surface area (Å²) in [6, 6.07) is 25.4. The Labute approximate surface area is 167 Å². The van der Waals surface area contributed by atoms with E-state index in [1.165, 1.54) is 22.3 Å². The van der Waals surface area contributed by atoms with E-state index in [1.807, 2.05) is 6.92 Å². The first kappa shape index (κ1) is 19.0. The quantitative estimate of drug-likeness (QED) is 0.376. The summed E-state index contributed by atoms with van der Waals surface area (Å²) in [4.78, 5) is 5.37. The van der Waals surface area contributed by atoms with Crippen LogP contribution in [0.2, 0.25) is 0 Å². The predicted molar refractivity (Wildman–Crippen MR) is 122 cm³/mol. The zero-order valence-electron chi connectivity index (χ0n) is 16.0. The Hall–Kier alpha value is -2.78. The number of hydrogen-bond donors (Lipinski definition) is 1. The topological polar surface area (TPSA) is 24.4 Å². The highest BCUT2D eigenvalue weighted by atomic mass is 32.1. The lowest BCUT2D eigenvalue weighted by molar-refractivity contribution is 1.25. The number of nitrogens with zero attached hydrogens (tertiary/aromatic N) is 1. The molecule has 0 saturated heterocycles. The molecular formula is C24H24N2S. The van der Waals surface area contributed by atoms with E-state index in [0.717, 1.165) is 28.5 Å². The second-order valence-corrected chi connectivity index (χ2v) is 7.20. The molecule has 0 bridgehead atoms. The van der Waals surface area contributed by atoms with Gasteiger partial charge in [0, 0.05) is 11.4 Å². The molecule has 0 radical (unpaired) electrons. The fourth-order valence-corrected chi connectivity index (χ4v) is 2.95. The van der Waals surface area contributed by atoms with Crippen molar-refractivity contribution in [2.45, 2.75) is 27.2 Å². The van der Waals surface area contributed by atoms with E-state index in [-0.39, 0.29) is 0 Å². The Balaban J connectivity index is 1.76. The standard InChI is InChI=1S/C24H24N2S/c1-4-17(2)25-23-13-9-21(10-14-23)19-5-7-20(8-6-19)22-11-15-24(16-12-22)26-18(3)27/h5-16H,4H2,1-3H3,(H,26,27). The molecule has 0 spiro atoms. The smallest absolute Gasteiger partial charge is 0.0765 e. The van der Waals surface area contributed by atoms with Gasteiger partial charge in [-0.3, -0.25) is 4.99 Å². The monoisotopic (exact) mass is 372 g/mol. The van der Waals surface area contributed by atoms with E-state index in [9.17, 15) is 0 Å². The molecule has 3 aromatic rings. The maximum absolute atomic E-state index is 5.08. The van der Waals surface area contributed by atoms with E-state index in [2.05, 4.69) is 97.0 Å². The van der Waals surface area contributed by atoms with Crippen molar-refractivity contribution in [2.75, 3.05) is 5.32 Å². The maximum atomic E-state index is 5.08. The average Bonchev–Trinajstić information content (AvgIpc) is 2.69. The third kappa shape index (κ3) is 5.11. The molecule has 136 valence electrons. The summed E-state index contributed by atoms with van der Waals surface area (Å²) in [5.41, 5.74) is 7.97. The van der Waals surface area contributed by atoms with Gasteiger partial charge < -0.3 is 5.32 Å². The Morgan fingerprint density at radius 2 is 1.15 bits per heavy atom. The van der Waals surface area contributed by atoms with E-state index in [0.29, 0.717) is 0 Å². The first-order valence-electron chi connectivity index (χ1n) is 9.18. The Kier molecular flexibility index (Phi) is 6.15. The second kappa shape index (κ2) is 8.74. The van der Waals surface area contributed by atoms with Gasteiger partial charge in [0.1, 0.15) is 0 Å². The average molecular weight is 373 g/mol. The van der Waals surface area contributed by atoms with Gasteiger partial charge in [-0.15, -0.1) is 0 Å². The van der Waals surface area contributed by atoms with Crippen LogP contribution in [0.5, 0.6) is 0 Å². The number of aliphatic imine (C=N–C) groups is 1. The lowest BCUT2D eigenvalue weighted by Gasteiger charge is -2.08. The van der Waals surface area contributed by atoms with Crippen molar-refractivity contribution < 1.29 is 0 Å². The molecular weight excluding hydrogens is 348 g/mol. The lowest BCUT2D eigenvalue weighted by atomic mass is 10.00. The van der Waals surface area contributed by atoms with Crippen LogP contribution in [0.3, 0.4) is 0 Å². The largest absolute Gasteiger partial charge is 0.350 e. The van der Waals surface area contributed by atoms with Crippen molar-refractivity contribution in [3.05, 3.63) is 72.8 Å². The number of benzene rings is 3. The van der Waals surface area contributed by atoms with Gasteiger partial charge in [-0.1, -0.05) is 67.7 Å². The molecule has 27 heavy (non-hydrogen) atoms.